The number of rotatable bonds is 5. The third-order valence-corrected chi connectivity index (χ3v) is 3.87. The van der Waals surface area contributed by atoms with Crippen molar-refractivity contribution >= 4 is 15.9 Å². The average molecular weight is 284 g/mol. The summed E-state index contributed by atoms with van der Waals surface area (Å²) in [6.07, 6.45) is 4.04. The van der Waals surface area contributed by atoms with Crippen LogP contribution in [0, 0.1) is 5.92 Å². The van der Waals surface area contributed by atoms with E-state index in [1.54, 1.807) is 0 Å². The van der Waals surface area contributed by atoms with Gasteiger partial charge in [-0.15, -0.1) is 0 Å². The van der Waals surface area contributed by atoms with Gasteiger partial charge < -0.3 is 10.1 Å². The van der Waals surface area contributed by atoms with E-state index in [-0.39, 0.29) is 0 Å². The molecule has 2 rings (SSSR count). The van der Waals surface area contributed by atoms with Gasteiger partial charge in [-0.3, -0.25) is 0 Å². The first kappa shape index (κ1) is 11.9. The van der Waals surface area contributed by atoms with Crippen molar-refractivity contribution in [1.82, 2.24) is 5.32 Å². The third kappa shape index (κ3) is 2.98. The highest BCUT2D eigenvalue weighted by Gasteiger charge is 2.17. The molecule has 1 aromatic carbocycles. The smallest absolute Gasteiger partial charge is 0.119 e. The van der Waals surface area contributed by atoms with Crippen LogP contribution in [-0.4, -0.2) is 13.7 Å². The molecule has 1 aromatic rings. The quantitative estimate of drug-likeness (QED) is 0.895. The van der Waals surface area contributed by atoms with Gasteiger partial charge in [0.2, 0.25) is 0 Å². The molecule has 0 spiro atoms. The zero-order valence-electron chi connectivity index (χ0n) is 9.63. The van der Waals surface area contributed by atoms with Crippen LogP contribution in [0.5, 0.6) is 5.75 Å². The fourth-order valence-corrected chi connectivity index (χ4v) is 2.23. The molecule has 1 fully saturated rings. The number of nitrogens with one attached hydrogen (secondary N) is 1. The van der Waals surface area contributed by atoms with Crippen molar-refractivity contribution in [3.63, 3.8) is 0 Å². The Morgan fingerprint density at radius 2 is 2.25 bits per heavy atom. The summed E-state index contributed by atoms with van der Waals surface area (Å²) in [5, 5.41) is 3.15. The fourth-order valence-electron chi connectivity index (χ4n) is 1.84. The van der Waals surface area contributed by atoms with E-state index in [1.807, 2.05) is 13.1 Å². The molecule has 1 saturated carbocycles. The molecular formula is C13H18BrNO. The number of hydrogen-bond donors (Lipinski definition) is 1. The maximum atomic E-state index is 5.80. The van der Waals surface area contributed by atoms with Gasteiger partial charge in [-0.2, -0.15) is 0 Å². The molecule has 0 bridgehead atoms. The van der Waals surface area contributed by atoms with Crippen molar-refractivity contribution in [2.75, 3.05) is 13.7 Å². The van der Waals surface area contributed by atoms with E-state index >= 15 is 0 Å². The third-order valence-electron chi connectivity index (χ3n) is 3.09. The highest BCUT2D eigenvalue weighted by molar-refractivity contribution is 9.10. The monoisotopic (exact) mass is 283 g/mol. The van der Waals surface area contributed by atoms with E-state index in [1.165, 1.54) is 24.8 Å². The summed E-state index contributed by atoms with van der Waals surface area (Å²) in [4.78, 5) is 0. The molecule has 0 amide bonds. The Kier molecular flexibility index (Phi) is 4.24. The molecule has 2 nitrogen and oxygen atoms in total. The normalized spacial score (nSPS) is 15.9. The number of hydrogen-bond acceptors (Lipinski definition) is 2. The van der Waals surface area contributed by atoms with Gasteiger partial charge in [0, 0.05) is 11.0 Å². The first-order valence-corrected chi connectivity index (χ1v) is 6.64. The maximum Gasteiger partial charge on any atom is 0.119 e. The van der Waals surface area contributed by atoms with Crippen molar-refractivity contribution in [3.05, 3.63) is 28.2 Å². The van der Waals surface area contributed by atoms with Gasteiger partial charge in [0.1, 0.15) is 5.75 Å². The number of halogens is 1. The van der Waals surface area contributed by atoms with Gasteiger partial charge in [0.05, 0.1) is 6.61 Å². The molecule has 0 saturated heterocycles. The molecular weight excluding hydrogens is 266 g/mol. The summed E-state index contributed by atoms with van der Waals surface area (Å²) in [5.74, 6) is 1.77. The highest BCUT2D eigenvalue weighted by Crippen LogP contribution is 2.28. The van der Waals surface area contributed by atoms with E-state index < -0.39 is 0 Å². The molecule has 0 heterocycles. The van der Waals surface area contributed by atoms with Gasteiger partial charge in [-0.05, 0) is 49.6 Å². The minimum absolute atomic E-state index is 0.788. The van der Waals surface area contributed by atoms with Crippen LogP contribution < -0.4 is 10.1 Å². The second kappa shape index (κ2) is 5.69. The van der Waals surface area contributed by atoms with Crippen LogP contribution in [0.25, 0.3) is 0 Å². The Balaban J connectivity index is 1.94. The number of benzene rings is 1. The molecule has 0 atom stereocenters. The predicted molar refractivity (Wildman–Crippen MR) is 69.7 cm³/mol. The fraction of sp³-hybridized carbons (Fsp3) is 0.538. The Labute approximate surface area is 106 Å². The highest BCUT2D eigenvalue weighted by atomic mass is 79.9. The Morgan fingerprint density at radius 1 is 1.44 bits per heavy atom. The molecule has 88 valence electrons. The summed E-state index contributed by atoms with van der Waals surface area (Å²) in [6.45, 7) is 1.74. The predicted octanol–water partition coefficient (Wildman–Crippen LogP) is 3.35. The first-order chi connectivity index (χ1) is 7.79. The molecule has 1 aliphatic rings. The molecule has 1 N–H and O–H groups in total. The average Bonchev–Trinajstić information content (AvgIpc) is 2.21. The molecule has 0 radical (unpaired) electrons. The lowest BCUT2D eigenvalue weighted by molar-refractivity contribution is 0.180. The van der Waals surface area contributed by atoms with Crippen LogP contribution in [-0.2, 0) is 6.54 Å². The van der Waals surface area contributed by atoms with E-state index in [0.29, 0.717) is 0 Å². The maximum absolute atomic E-state index is 5.80. The largest absolute Gasteiger partial charge is 0.493 e. The Hall–Kier alpha value is -0.540. The van der Waals surface area contributed by atoms with Crippen molar-refractivity contribution in [1.29, 1.82) is 0 Å². The molecule has 0 aliphatic heterocycles. The van der Waals surface area contributed by atoms with E-state index in [9.17, 15) is 0 Å². The van der Waals surface area contributed by atoms with Crippen LogP contribution in [0.1, 0.15) is 24.8 Å². The SMILES string of the molecule is CNCc1cc(OCC2CCC2)ccc1Br. The van der Waals surface area contributed by atoms with E-state index in [4.69, 9.17) is 4.74 Å². The van der Waals surface area contributed by atoms with Gasteiger partial charge in [-0.25, -0.2) is 0 Å². The van der Waals surface area contributed by atoms with Gasteiger partial charge in [0.25, 0.3) is 0 Å². The number of ether oxygens (including phenoxy) is 1. The minimum Gasteiger partial charge on any atom is -0.493 e. The Morgan fingerprint density at radius 3 is 2.88 bits per heavy atom. The van der Waals surface area contributed by atoms with Crippen LogP contribution in [0.4, 0.5) is 0 Å². The second-order valence-electron chi connectivity index (χ2n) is 4.39. The van der Waals surface area contributed by atoms with Crippen LogP contribution >= 0.6 is 15.9 Å². The van der Waals surface area contributed by atoms with Crippen LogP contribution in [0.2, 0.25) is 0 Å². The molecule has 0 aromatic heterocycles. The van der Waals surface area contributed by atoms with Crippen molar-refractivity contribution in [2.24, 2.45) is 5.92 Å². The molecule has 16 heavy (non-hydrogen) atoms. The standard InChI is InChI=1S/C13H18BrNO/c1-15-8-11-7-12(5-6-13(11)14)16-9-10-3-2-4-10/h5-7,10,15H,2-4,8-9H2,1H3. The van der Waals surface area contributed by atoms with E-state index in [2.05, 4.69) is 33.4 Å². The molecule has 3 heteroatoms. The lowest BCUT2D eigenvalue weighted by Crippen LogP contribution is -2.19. The minimum atomic E-state index is 0.788. The molecule has 0 unspecified atom stereocenters. The lowest BCUT2D eigenvalue weighted by atomic mass is 9.86. The van der Waals surface area contributed by atoms with Gasteiger partial charge >= 0.3 is 0 Å². The topological polar surface area (TPSA) is 21.3 Å². The second-order valence-corrected chi connectivity index (χ2v) is 5.25. The van der Waals surface area contributed by atoms with Crippen molar-refractivity contribution in [2.45, 2.75) is 25.8 Å². The van der Waals surface area contributed by atoms with Crippen LogP contribution in [0.3, 0.4) is 0 Å². The zero-order valence-corrected chi connectivity index (χ0v) is 11.2. The van der Waals surface area contributed by atoms with Crippen LogP contribution in [0.15, 0.2) is 22.7 Å². The van der Waals surface area contributed by atoms with Gasteiger partial charge in [0.15, 0.2) is 0 Å². The summed E-state index contributed by atoms with van der Waals surface area (Å²) in [6, 6.07) is 6.20. The lowest BCUT2D eigenvalue weighted by Gasteiger charge is -2.25. The summed E-state index contributed by atoms with van der Waals surface area (Å²) < 4.78 is 6.94. The zero-order chi connectivity index (χ0) is 11.4. The summed E-state index contributed by atoms with van der Waals surface area (Å²) >= 11 is 3.54. The Bertz CT molecular complexity index is 350. The summed E-state index contributed by atoms with van der Waals surface area (Å²) in [5.41, 5.74) is 1.24. The first-order valence-electron chi connectivity index (χ1n) is 5.85. The van der Waals surface area contributed by atoms with Crippen molar-refractivity contribution in [3.8, 4) is 5.75 Å². The van der Waals surface area contributed by atoms with Crippen molar-refractivity contribution < 1.29 is 4.74 Å². The van der Waals surface area contributed by atoms with E-state index in [0.717, 1.165) is 29.3 Å². The summed E-state index contributed by atoms with van der Waals surface area (Å²) in [7, 11) is 1.95. The van der Waals surface area contributed by atoms with Gasteiger partial charge in [-0.1, -0.05) is 22.4 Å². The molecule has 1 aliphatic carbocycles.